The fourth-order valence-corrected chi connectivity index (χ4v) is 7.94. The number of carboxylic acids is 1. The summed E-state index contributed by atoms with van der Waals surface area (Å²) < 4.78 is 57.0. The van der Waals surface area contributed by atoms with Gasteiger partial charge in [0.05, 0.1) is 24.5 Å². The smallest absolute Gasteiger partial charge is 0.304 e. The van der Waals surface area contributed by atoms with E-state index >= 15 is 4.39 Å². The molecule has 0 aromatic heterocycles. The van der Waals surface area contributed by atoms with E-state index in [-0.39, 0.29) is 35.8 Å². The average molecular weight is 581 g/mol. The first-order chi connectivity index (χ1) is 19.6. The summed E-state index contributed by atoms with van der Waals surface area (Å²) in [5.41, 5.74) is 6.39. The van der Waals surface area contributed by atoms with E-state index in [9.17, 15) is 13.2 Å². The molecule has 3 aromatic carbocycles. The van der Waals surface area contributed by atoms with Crippen LogP contribution in [0, 0.1) is 19.7 Å². The molecular weight excluding hydrogens is 547 g/mol. The standard InChI is InChI=1S/C32H33FO7S/c1-18-13-23(39-21-9-11-41(36,37)12-10-21)14-19(2)31(18)25-5-7-27(33)32-26(25)6-8-28(32)40-22-3-4-24-20(15-30(34)35)17-38-29(24)16-22/h3-5,7,13-14,16,20-21,28H,6,8-12,15,17H2,1-2H3,(H,34,35). The summed E-state index contributed by atoms with van der Waals surface area (Å²) in [6.45, 7) is 4.35. The number of carboxylic acid groups (broad SMARTS) is 1. The number of ether oxygens (including phenoxy) is 3. The summed E-state index contributed by atoms with van der Waals surface area (Å²) in [5, 5.41) is 9.16. The number of hydrogen-bond donors (Lipinski definition) is 1. The highest BCUT2D eigenvalue weighted by molar-refractivity contribution is 7.91. The van der Waals surface area contributed by atoms with Gasteiger partial charge in [-0.25, -0.2) is 12.8 Å². The highest BCUT2D eigenvalue weighted by Gasteiger charge is 2.32. The summed E-state index contributed by atoms with van der Waals surface area (Å²) in [6, 6.07) is 12.7. The molecule has 0 saturated carbocycles. The van der Waals surface area contributed by atoms with E-state index in [1.54, 1.807) is 12.1 Å². The maximum absolute atomic E-state index is 15.3. The molecule has 3 aliphatic rings. The van der Waals surface area contributed by atoms with Crippen LogP contribution in [0.1, 0.15) is 65.5 Å². The van der Waals surface area contributed by atoms with Crippen molar-refractivity contribution in [3.8, 4) is 28.4 Å². The fraction of sp³-hybridized carbons (Fsp3) is 0.406. The lowest BCUT2D eigenvalue weighted by molar-refractivity contribution is -0.137. The molecule has 0 amide bonds. The summed E-state index contributed by atoms with van der Waals surface area (Å²) in [6.07, 6.45) is 1.72. The Morgan fingerprint density at radius 2 is 1.73 bits per heavy atom. The van der Waals surface area contributed by atoms with E-state index < -0.39 is 21.9 Å². The molecule has 0 radical (unpaired) electrons. The zero-order valence-corrected chi connectivity index (χ0v) is 23.9. The van der Waals surface area contributed by atoms with Gasteiger partial charge in [-0.05, 0) is 91.6 Å². The predicted octanol–water partition coefficient (Wildman–Crippen LogP) is 6.08. The van der Waals surface area contributed by atoms with Crippen molar-refractivity contribution in [1.82, 2.24) is 0 Å². The normalized spacial score (nSPS) is 21.1. The summed E-state index contributed by atoms with van der Waals surface area (Å²) >= 11 is 0. The maximum atomic E-state index is 15.3. The molecule has 2 unspecified atom stereocenters. The van der Waals surface area contributed by atoms with Gasteiger partial charge in [0, 0.05) is 23.1 Å². The molecule has 41 heavy (non-hydrogen) atoms. The van der Waals surface area contributed by atoms with Gasteiger partial charge in [0.1, 0.15) is 35.3 Å². The van der Waals surface area contributed by atoms with Crippen LogP contribution >= 0.6 is 0 Å². The van der Waals surface area contributed by atoms with Gasteiger partial charge in [-0.1, -0.05) is 12.1 Å². The Morgan fingerprint density at radius 1 is 1.00 bits per heavy atom. The Bertz CT molecular complexity index is 1590. The van der Waals surface area contributed by atoms with Crippen LogP contribution < -0.4 is 14.2 Å². The van der Waals surface area contributed by atoms with Crippen molar-refractivity contribution < 1.29 is 36.9 Å². The lowest BCUT2D eigenvalue weighted by Gasteiger charge is -2.24. The minimum atomic E-state index is -2.96. The average Bonchev–Trinajstić information content (AvgIpc) is 3.51. The van der Waals surface area contributed by atoms with Gasteiger partial charge in [0.25, 0.3) is 0 Å². The quantitative estimate of drug-likeness (QED) is 0.362. The first-order valence-electron chi connectivity index (χ1n) is 14.0. The molecule has 1 aliphatic carbocycles. The number of rotatable bonds is 7. The summed E-state index contributed by atoms with van der Waals surface area (Å²) in [4.78, 5) is 11.2. The molecule has 6 rings (SSSR count). The first-order valence-corrected chi connectivity index (χ1v) is 15.9. The number of aliphatic carboxylic acids is 1. The number of sulfone groups is 1. The summed E-state index contributed by atoms with van der Waals surface area (Å²) in [7, 11) is -2.96. The van der Waals surface area contributed by atoms with Gasteiger partial charge in [0.2, 0.25) is 0 Å². The summed E-state index contributed by atoms with van der Waals surface area (Å²) in [5.74, 6) is 0.854. The van der Waals surface area contributed by atoms with Crippen LogP contribution in [0.25, 0.3) is 11.1 Å². The van der Waals surface area contributed by atoms with E-state index in [2.05, 4.69) is 0 Å². The Hall–Kier alpha value is -3.59. The monoisotopic (exact) mass is 580 g/mol. The molecule has 1 saturated heterocycles. The van der Waals surface area contributed by atoms with Crippen LogP contribution in [0.15, 0.2) is 42.5 Å². The van der Waals surface area contributed by atoms with Gasteiger partial charge in [0.15, 0.2) is 9.84 Å². The van der Waals surface area contributed by atoms with Crippen molar-refractivity contribution in [2.45, 2.75) is 64.1 Å². The van der Waals surface area contributed by atoms with E-state index in [0.717, 1.165) is 39.1 Å². The van der Waals surface area contributed by atoms with Crippen LogP contribution in [0.5, 0.6) is 17.2 Å². The SMILES string of the molecule is Cc1cc(OC2CCS(=O)(=O)CC2)cc(C)c1-c1ccc(F)c2c1CCC2Oc1ccc2c(c1)OCC2CC(=O)O. The second kappa shape index (κ2) is 10.7. The van der Waals surface area contributed by atoms with E-state index in [1.807, 2.05) is 38.1 Å². The molecule has 0 spiro atoms. The van der Waals surface area contributed by atoms with Gasteiger partial charge >= 0.3 is 5.97 Å². The van der Waals surface area contributed by atoms with Crippen LogP contribution in [0.2, 0.25) is 0 Å². The van der Waals surface area contributed by atoms with Crippen LogP contribution in [-0.2, 0) is 21.1 Å². The van der Waals surface area contributed by atoms with Crippen molar-refractivity contribution in [3.63, 3.8) is 0 Å². The molecule has 0 bridgehead atoms. The number of carbonyl (C=O) groups is 1. The largest absolute Gasteiger partial charge is 0.492 e. The third-order valence-corrected chi connectivity index (χ3v) is 10.1. The van der Waals surface area contributed by atoms with Gasteiger partial charge in [-0.3, -0.25) is 4.79 Å². The van der Waals surface area contributed by atoms with Crippen LogP contribution in [-0.4, -0.2) is 43.7 Å². The van der Waals surface area contributed by atoms with Gasteiger partial charge in [-0.15, -0.1) is 0 Å². The molecule has 2 aliphatic heterocycles. The molecule has 2 atom stereocenters. The minimum absolute atomic E-state index is 0.00797. The molecule has 3 aromatic rings. The maximum Gasteiger partial charge on any atom is 0.304 e. The molecular formula is C32H33FO7S. The number of fused-ring (bicyclic) bond motifs is 2. The lowest BCUT2D eigenvalue weighted by atomic mass is 9.90. The van der Waals surface area contributed by atoms with E-state index in [4.69, 9.17) is 19.3 Å². The van der Waals surface area contributed by atoms with E-state index in [0.29, 0.717) is 49.4 Å². The van der Waals surface area contributed by atoms with Gasteiger partial charge in [-0.2, -0.15) is 0 Å². The van der Waals surface area contributed by atoms with Crippen molar-refractivity contribution >= 4 is 15.8 Å². The Kier molecular flexibility index (Phi) is 7.18. The van der Waals surface area contributed by atoms with Crippen LogP contribution in [0.3, 0.4) is 0 Å². The van der Waals surface area contributed by atoms with Crippen molar-refractivity contribution in [1.29, 1.82) is 0 Å². The molecule has 1 fully saturated rings. The van der Waals surface area contributed by atoms with Crippen molar-refractivity contribution in [2.24, 2.45) is 0 Å². The Balaban J connectivity index is 1.24. The number of aryl methyl sites for hydroxylation is 2. The van der Waals surface area contributed by atoms with Gasteiger partial charge < -0.3 is 19.3 Å². The Morgan fingerprint density at radius 3 is 2.44 bits per heavy atom. The topological polar surface area (TPSA) is 99.1 Å². The molecule has 9 heteroatoms. The van der Waals surface area contributed by atoms with Crippen molar-refractivity contribution in [2.75, 3.05) is 18.1 Å². The highest BCUT2D eigenvalue weighted by atomic mass is 32.2. The first kappa shape index (κ1) is 27.6. The predicted molar refractivity (Wildman–Crippen MR) is 152 cm³/mol. The fourth-order valence-electron chi connectivity index (χ4n) is 6.50. The number of benzene rings is 3. The second-order valence-electron chi connectivity index (χ2n) is 11.3. The second-order valence-corrected chi connectivity index (χ2v) is 13.6. The van der Waals surface area contributed by atoms with Crippen molar-refractivity contribution in [3.05, 3.63) is 76.1 Å². The Labute approximate surface area is 239 Å². The van der Waals surface area contributed by atoms with Crippen LogP contribution in [0.4, 0.5) is 4.39 Å². The number of halogens is 1. The third kappa shape index (κ3) is 5.52. The molecule has 2 heterocycles. The molecule has 216 valence electrons. The highest BCUT2D eigenvalue weighted by Crippen LogP contribution is 2.45. The zero-order chi connectivity index (χ0) is 28.9. The minimum Gasteiger partial charge on any atom is -0.492 e. The lowest BCUT2D eigenvalue weighted by Crippen LogP contribution is -2.30. The third-order valence-electron chi connectivity index (χ3n) is 8.43. The molecule has 1 N–H and O–H groups in total. The number of hydrogen-bond acceptors (Lipinski definition) is 6. The zero-order valence-electron chi connectivity index (χ0n) is 23.1. The van der Waals surface area contributed by atoms with E-state index in [1.165, 1.54) is 6.07 Å². The molecule has 7 nitrogen and oxygen atoms in total.